The molecule has 0 bridgehead atoms. The Hall–Kier alpha value is -2.93. The van der Waals surface area contributed by atoms with Crippen LogP contribution in [0.3, 0.4) is 0 Å². The molecule has 1 atom stereocenters. The molecule has 1 saturated heterocycles. The molecule has 150 valence electrons. The zero-order chi connectivity index (χ0) is 20.4. The van der Waals surface area contributed by atoms with Gasteiger partial charge in [0.25, 0.3) is 5.91 Å². The Kier molecular flexibility index (Phi) is 5.49. The predicted octanol–water partition coefficient (Wildman–Crippen LogP) is 4.18. The van der Waals surface area contributed by atoms with E-state index in [4.69, 9.17) is 0 Å². The highest BCUT2D eigenvalue weighted by Crippen LogP contribution is 2.23. The summed E-state index contributed by atoms with van der Waals surface area (Å²) in [5.74, 6) is -0.196. The standard InChI is InChI=1S/C22H24N4O2S/c1-15-13-16(2)26(24-15)19-8-6-18(7-9-19)23-21(27)20-5-3-4-11-25(20)22(28)17-10-12-29-14-17/h6-10,12-14,20H,3-5,11H2,1-2H3,(H,23,27)/t20-/m1/s1. The molecular formula is C22H24N4O2S. The fourth-order valence-corrected chi connectivity index (χ4v) is 4.43. The van der Waals surface area contributed by atoms with Gasteiger partial charge in [-0.15, -0.1) is 0 Å². The average Bonchev–Trinajstić information content (AvgIpc) is 3.37. The second-order valence-corrected chi connectivity index (χ2v) is 8.18. The van der Waals surface area contributed by atoms with Crippen LogP contribution in [-0.2, 0) is 4.79 Å². The summed E-state index contributed by atoms with van der Waals surface area (Å²) in [7, 11) is 0. The number of aryl methyl sites for hydroxylation is 2. The van der Waals surface area contributed by atoms with Crippen LogP contribution in [0, 0.1) is 13.8 Å². The Morgan fingerprint density at radius 3 is 2.59 bits per heavy atom. The largest absolute Gasteiger partial charge is 0.327 e. The first-order valence-electron chi connectivity index (χ1n) is 9.80. The molecule has 1 aliphatic heterocycles. The van der Waals surface area contributed by atoms with Gasteiger partial charge in [-0.1, -0.05) is 0 Å². The lowest BCUT2D eigenvalue weighted by Crippen LogP contribution is -2.49. The highest BCUT2D eigenvalue weighted by Gasteiger charge is 2.32. The summed E-state index contributed by atoms with van der Waals surface area (Å²) in [5.41, 5.74) is 4.34. The van der Waals surface area contributed by atoms with E-state index in [1.54, 1.807) is 4.90 Å². The molecule has 4 rings (SSSR count). The van der Waals surface area contributed by atoms with Crippen molar-refractivity contribution in [2.24, 2.45) is 0 Å². The summed E-state index contributed by atoms with van der Waals surface area (Å²) in [6.07, 6.45) is 2.56. The van der Waals surface area contributed by atoms with Gasteiger partial charge < -0.3 is 10.2 Å². The number of carbonyl (C=O) groups is 2. The van der Waals surface area contributed by atoms with E-state index in [0.717, 1.165) is 29.9 Å². The maximum Gasteiger partial charge on any atom is 0.255 e. The number of carbonyl (C=O) groups excluding carboxylic acids is 2. The number of hydrogen-bond acceptors (Lipinski definition) is 4. The number of rotatable bonds is 4. The predicted molar refractivity (Wildman–Crippen MR) is 115 cm³/mol. The SMILES string of the molecule is Cc1cc(C)n(-c2ccc(NC(=O)[C@H]3CCCCN3C(=O)c3ccsc3)cc2)n1. The summed E-state index contributed by atoms with van der Waals surface area (Å²) >= 11 is 1.49. The quantitative estimate of drug-likeness (QED) is 0.704. The van der Waals surface area contributed by atoms with Crippen LogP contribution in [0.2, 0.25) is 0 Å². The van der Waals surface area contributed by atoms with Gasteiger partial charge in [0.05, 0.1) is 16.9 Å². The molecule has 2 aromatic heterocycles. The first-order chi connectivity index (χ1) is 14.0. The maximum absolute atomic E-state index is 12.9. The van der Waals surface area contributed by atoms with Gasteiger partial charge in [-0.2, -0.15) is 16.4 Å². The average molecular weight is 409 g/mol. The monoisotopic (exact) mass is 408 g/mol. The minimum Gasteiger partial charge on any atom is -0.327 e. The van der Waals surface area contributed by atoms with Crippen molar-refractivity contribution in [1.29, 1.82) is 0 Å². The zero-order valence-corrected chi connectivity index (χ0v) is 17.4. The van der Waals surface area contributed by atoms with Crippen molar-refractivity contribution in [3.63, 3.8) is 0 Å². The van der Waals surface area contributed by atoms with Crippen molar-refractivity contribution in [3.05, 3.63) is 64.1 Å². The van der Waals surface area contributed by atoms with Crippen LogP contribution < -0.4 is 5.32 Å². The third-order valence-electron chi connectivity index (χ3n) is 5.22. The zero-order valence-electron chi connectivity index (χ0n) is 16.6. The highest BCUT2D eigenvalue weighted by molar-refractivity contribution is 7.08. The summed E-state index contributed by atoms with van der Waals surface area (Å²) in [6.45, 7) is 4.59. The van der Waals surface area contributed by atoms with E-state index in [-0.39, 0.29) is 11.8 Å². The molecule has 2 amide bonds. The molecule has 0 saturated carbocycles. The molecule has 7 heteroatoms. The van der Waals surface area contributed by atoms with Crippen LogP contribution >= 0.6 is 11.3 Å². The molecule has 6 nitrogen and oxygen atoms in total. The lowest BCUT2D eigenvalue weighted by molar-refractivity contribution is -0.121. The molecule has 3 aromatic rings. The lowest BCUT2D eigenvalue weighted by atomic mass is 10.0. The van der Waals surface area contributed by atoms with Crippen LogP contribution in [0.15, 0.2) is 47.2 Å². The molecule has 0 radical (unpaired) electrons. The molecule has 1 N–H and O–H groups in total. The van der Waals surface area contributed by atoms with Crippen LogP contribution in [0.5, 0.6) is 0 Å². The molecule has 3 heterocycles. The van der Waals surface area contributed by atoms with Crippen LogP contribution in [0.25, 0.3) is 5.69 Å². The van der Waals surface area contributed by atoms with Gasteiger partial charge >= 0.3 is 0 Å². The Balaban J connectivity index is 1.47. The fourth-order valence-electron chi connectivity index (χ4n) is 3.80. The van der Waals surface area contributed by atoms with Gasteiger partial charge in [0.1, 0.15) is 6.04 Å². The van der Waals surface area contributed by atoms with Gasteiger partial charge in [-0.05, 0) is 74.9 Å². The molecule has 0 spiro atoms. The van der Waals surface area contributed by atoms with Crippen LogP contribution in [-0.4, -0.2) is 39.1 Å². The maximum atomic E-state index is 12.9. The van der Waals surface area contributed by atoms with E-state index in [0.29, 0.717) is 24.2 Å². The van der Waals surface area contributed by atoms with Crippen molar-refractivity contribution in [2.75, 3.05) is 11.9 Å². The van der Waals surface area contributed by atoms with Crippen molar-refractivity contribution < 1.29 is 9.59 Å². The molecule has 1 aliphatic rings. The Bertz CT molecular complexity index is 1010. The van der Waals surface area contributed by atoms with E-state index in [1.807, 2.05) is 65.7 Å². The molecule has 0 aliphatic carbocycles. The number of anilines is 1. The van der Waals surface area contributed by atoms with Crippen molar-refractivity contribution in [1.82, 2.24) is 14.7 Å². The summed E-state index contributed by atoms with van der Waals surface area (Å²) < 4.78 is 1.88. The molecule has 1 fully saturated rings. The first kappa shape index (κ1) is 19.4. The topological polar surface area (TPSA) is 67.2 Å². The lowest BCUT2D eigenvalue weighted by Gasteiger charge is -2.34. The third-order valence-corrected chi connectivity index (χ3v) is 5.91. The van der Waals surface area contributed by atoms with E-state index in [2.05, 4.69) is 10.4 Å². The smallest absolute Gasteiger partial charge is 0.255 e. The number of hydrogen-bond donors (Lipinski definition) is 1. The third kappa shape index (κ3) is 4.10. The summed E-state index contributed by atoms with van der Waals surface area (Å²) in [6, 6.07) is 11.0. The number of nitrogens with one attached hydrogen (secondary N) is 1. The summed E-state index contributed by atoms with van der Waals surface area (Å²) in [4.78, 5) is 27.5. The minimum atomic E-state index is -0.438. The molecular weight excluding hydrogens is 384 g/mol. The molecule has 0 unspecified atom stereocenters. The van der Waals surface area contributed by atoms with E-state index >= 15 is 0 Å². The van der Waals surface area contributed by atoms with Gasteiger partial charge in [-0.25, -0.2) is 4.68 Å². The second-order valence-electron chi connectivity index (χ2n) is 7.40. The number of benzene rings is 1. The Morgan fingerprint density at radius 2 is 1.93 bits per heavy atom. The van der Waals surface area contributed by atoms with Gasteiger partial charge in [-0.3, -0.25) is 9.59 Å². The number of amides is 2. The number of thiophene rings is 1. The molecule has 29 heavy (non-hydrogen) atoms. The van der Waals surface area contributed by atoms with Crippen molar-refractivity contribution in [2.45, 2.75) is 39.2 Å². The summed E-state index contributed by atoms with van der Waals surface area (Å²) in [5, 5.41) is 11.2. The first-order valence-corrected chi connectivity index (χ1v) is 10.7. The van der Waals surface area contributed by atoms with Crippen LogP contribution in [0.1, 0.15) is 41.0 Å². The second kappa shape index (κ2) is 8.21. The number of nitrogens with zero attached hydrogens (tertiary/aromatic N) is 3. The van der Waals surface area contributed by atoms with Crippen molar-refractivity contribution in [3.8, 4) is 5.69 Å². The number of aromatic nitrogens is 2. The minimum absolute atomic E-state index is 0.0639. The molecule has 1 aromatic carbocycles. The van der Waals surface area contributed by atoms with Gasteiger partial charge in [0.2, 0.25) is 5.91 Å². The normalized spacial score (nSPS) is 16.6. The van der Waals surface area contributed by atoms with E-state index in [9.17, 15) is 9.59 Å². The van der Waals surface area contributed by atoms with Gasteiger partial charge in [0.15, 0.2) is 0 Å². The highest BCUT2D eigenvalue weighted by atomic mass is 32.1. The van der Waals surface area contributed by atoms with Gasteiger partial charge in [0, 0.05) is 23.3 Å². The number of piperidine rings is 1. The Labute approximate surface area is 174 Å². The van der Waals surface area contributed by atoms with E-state index in [1.165, 1.54) is 11.3 Å². The van der Waals surface area contributed by atoms with Crippen molar-refractivity contribution >= 4 is 28.8 Å². The van der Waals surface area contributed by atoms with Crippen LogP contribution in [0.4, 0.5) is 5.69 Å². The number of likely N-dealkylation sites (tertiary alicyclic amines) is 1. The van der Waals surface area contributed by atoms with E-state index < -0.39 is 6.04 Å². The Morgan fingerprint density at radius 1 is 1.14 bits per heavy atom. The fraction of sp³-hybridized carbons (Fsp3) is 0.318.